The molecule has 3 rings (SSSR count). The highest BCUT2D eigenvalue weighted by molar-refractivity contribution is 7.19. The molecule has 2 atom stereocenters. The quantitative estimate of drug-likeness (QED) is 0.660. The molecule has 0 radical (unpaired) electrons. The summed E-state index contributed by atoms with van der Waals surface area (Å²) in [4.78, 5) is 12.8. The molecule has 3 N–H and O–H groups in total. The molecule has 0 spiro atoms. The van der Waals surface area contributed by atoms with Gasteiger partial charge in [0, 0.05) is 16.6 Å². The van der Waals surface area contributed by atoms with Crippen LogP contribution in [-0.2, 0) is 7.05 Å². The van der Waals surface area contributed by atoms with E-state index in [1.54, 1.807) is 10.9 Å². The largest absolute Gasteiger partial charge is 0.386 e. The van der Waals surface area contributed by atoms with E-state index in [1.165, 1.54) is 11.3 Å². The van der Waals surface area contributed by atoms with Crippen LogP contribution in [0.4, 0.5) is 4.79 Å². The highest BCUT2D eigenvalue weighted by Crippen LogP contribution is 2.29. The van der Waals surface area contributed by atoms with Crippen LogP contribution in [0.15, 0.2) is 36.7 Å². The maximum Gasteiger partial charge on any atom is 0.315 e. The zero-order valence-corrected chi connectivity index (χ0v) is 14.2. The van der Waals surface area contributed by atoms with Crippen molar-refractivity contribution in [3.63, 3.8) is 0 Å². The minimum Gasteiger partial charge on any atom is -0.386 e. The van der Waals surface area contributed by atoms with Gasteiger partial charge in [0.25, 0.3) is 0 Å². The number of urea groups is 1. The highest BCUT2D eigenvalue weighted by atomic mass is 32.1. The number of fused-ring (bicyclic) bond motifs is 1. The molecule has 2 amide bonds. The maximum absolute atomic E-state index is 12.0. The van der Waals surface area contributed by atoms with Crippen molar-refractivity contribution in [2.45, 2.75) is 19.1 Å². The molecular formula is C16H19N5O2S. The zero-order valence-electron chi connectivity index (χ0n) is 13.4. The first-order valence-corrected chi connectivity index (χ1v) is 8.41. The van der Waals surface area contributed by atoms with Crippen molar-refractivity contribution in [2.75, 3.05) is 6.54 Å². The molecule has 7 nitrogen and oxygen atoms in total. The van der Waals surface area contributed by atoms with Gasteiger partial charge < -0.3 is 20.3 Å². The van der Waals surface area contributed by atoms with E-state index in [0.29, 0.717) is 5.82 Å². The minimum absolute atomic E-state index is 0.143. The first kappa shape index (κ1) is 16.4. The Hall–Kier alpha value is -2.45. The Morgan fingerprint density at radius 3 is 2.92 bits per heavy atom. The third kappa shape index (κ3) is 3.55. The zero-order chi connectivity index (χ0) is 17.1. The van der Waals surface area contributed by atoms with Crippen LogP contribution in [0.5, 0.6) is 0 Å². The second kappa shape index (κ2) is 6.98. The third-order valence-corrected chi connectivity index (χ3v) is 4.93. The summed E-state index contributed by atoms with van der Waals surface area (Å²) in [5.41, 5.74) is 0. The van der Waals surface area contributed by atoms with E-state index in [9.17, 15) is 9.90 Å². The van der Waals surface area contributed by atoms with Gasteiger partial charge in [-0.3, -0.25) is 0 Å². The van der Waals surface area contributed by atoms with Crippen molar-refractivity contribution in [3.8, 4) is 0 Å². The lowest BCUT2D eigenvalue weighted by atomic mass is 10.2. The number of aromatic nitrogens is 3. The molecule has 0 aliphatic heterocycles. The molecule has 1 aromatic carbocycles. The molecule has 3 aromatic rings. The van der Waals surface area contributed by atoms with E-state index in [-0.39, 0.29) is 18.6 Å². The Morgan fingerprint density at radius 2 is 2.21 bits per heavy atom. The second-order valence-corrected chi connectivity index (χ2v) is 6.69. The predicted octanol–water partition coefficient (Wildman–Crippen LogP) is 2.12. The molecule has 0 aliphatic rings. The van der Waals surface area contributed by atoms with Crippen molar-refractivity contribution >= 4 is 27.5 Å². The smallest absolute Gasteiger partial charge is 0.315 e. The molecule has 8 heteroatoms. The predicted molar refractivity (Wildman–Crippen MR) is 92.7 cm³/mol. The van der Waals surface area contributed by atoms with Crippen LogP contribution in [0.1, 0.15) is 29.8 Å². The number of amides is 2. The first-order chi connectivity index (χ1) is 11.5. The van der Waals surface area contributed by atoms with E-state index >= 15 is 0 Å². The normalized spacial score (nSPS) is 13.6. The average molecular weight is 345 g/mol. The first-order valence-electron chi connectivity index (χ1n) is 7.59. The van der Waals surface area contributed by atoms with Crippen molar-refractivity contribution < 1.29 is 9.90 Å². The van der Waals surface area contributed by atoms with Crippen LogP contribution in [0.2, 0.25) is 0 Å². The van der Waals surface area contributed by atoms with E-state index in [2.05, 4.69) is 20.8 Å². The summed E-state index contributed by atoms with van der Waals surface area (Å²) in [6, 6.07) is 9.26. The fraction of sp³-hybridized carbons (Fsp3) is 0.312. The molecule has 2 heterocycles. The summed E-state index contributed by atoms with van der Waals surface area (Å²) in [5.74, 6) is 0.662. The third-order valence-electron chi connectivity index (χ3n) is 3.71. The fourth-order valence-corrected chi connectivity index (χ4v) is 3.50. The maximum atomic E-state index is 12.0. The number of benzene rings is 1. The Kier molecular flexibility index (Phi) is 4.77. The fourth-order valence-electron chi connectivity index (χ4n) is 2.45. The van der Waals surface area contributed by atoms with Gasteiger partial charge in [-0.1, -0.05) is 18.2 Å². The molecule has 2 unspecified atom stereocenters. The number of rotatable bonds is 5. The molecule has 0 fully saturated rings. The van der Waals surface area contributed by atoms with Crippen LogP contribution in [0.25, 0.3) is 10.1 Å². The van der Waals surface area contributed by atoms with Gasteiger partial charge in [-0.25, -0.2) is 4.79 Å². The number of aryl methyl sites for hydroxylation is 1. The molecular weight excluding hydrogens is 326 g/mol. The minimum atomic E-state index is -0.738. The number of nitrogens with one attached hydrogen (secondary N) is 2. The summed E-state index contributed by atoms with van der Waals surface area (Å²) < 4.78 is 2.86. The lowest BCUT2D eigenvalue weighted by molar-refractivity contribution is 0.176. The molecule has 0 bridgehead atoms. The number of hydrogen-bond acceptors (Lipinski definition) is 5. The van der Waals surface area contributed by atoms with Gasteiger partial charge in [-0.2, -0.15) is 0 Å². The van der Waals surface area contributed by atoms with Crippen molar-refractivity contribution in [1.82, 2.24) is 25.4 Å². The van der Waals surface area contributed by atoms with Crippen molar-refractivity contribution in [3.05, 3.63) is 47.4 Å². The molecule has 2 aromatic heterocycles. The molecule has 0 aliphatic carbocycles. The number of aliphatic hydroxyl groups excluding tert-OH is 1. The summed E-state index contributed by atoms with van der Waals surface area (Å²) in [6.45, 7) is 1.97. The van der Waals surface area contributed by atoms with E-state index in [1.807, 2.05) is 44.3 Å². The number of nitrogens with zero attached hydrogens (tertiary/aromatic N) is 3. The van der Waals surface area contributed by atoms with Crippen LogP contribution in [-0.4, -0.2) is 32.4 Å². The molecule has 0 saturated heterocycles. The van der Waals surface area contributed by atoms with E-state index in [0.717, 1.165) is 15.0 Å². The summed E-state index contributed by atoms with van der Waals surface area (Å²) in [6.07, 6.45) is 0.842. The second-order valence-electron chi connectivity index (χ2n) is 5.58. The van der Waals surface area contributed by atoms with Gasteiger partial charge in [0.15, 0.2) is 5.82 Å². The van der Waals surface area contributed by atoms with Gasteiger partial charge in [0.1, 0.15) is 12.4 Å². The van der Waals surface area contributed by atoms with Gasteiger partial charge >= 0.3 is 6.03 Å². The Bertz CT molecular complexity index is 811. The van der Waals surface area contributed by atoms with Crippen LogP contribution in [0.3, 0.4) is 0 Å². The SMILES string of the molecule is CC(NC(=O)NCC(O)c1cc2ccccc2s1)c1nncn1C. The summed E-state index contributed by atoms with van der Waals surface area (Å²) in [7, 11) is 1.82. The number of carbonyl (C=O) groups excluding carboxylic acids is 1. The number of hydrogen-bond donors (Lipinski definition) is 3. The molecule has 24 heavy (non-hydrogen) atoms. The lowest BCUT2D eigenvalue weighted by Gasteiger charge is -2.15. The number of aliphatic hydroxyl groups is 1. The van der Waals surface area contributed by atoms with E-state index in [4.69, 9.17) is 0 Å². The molecule has 0 saturated carbocycles. The lowest BCUT2D eigenvalue weighted by Crippen LogP contribution is -2.39. The number of carbonyl (C=O) groups is 1. The highest BCUT2D eigenvalue weighted by Gasteiger charge is 2.16. The van der Waals surface area contributed by atoms with Gasteiger partial charge in [0.2, 0.25) is 0 Å². The van der Waals surface area contributed by atoms with Gasteiger partial charge in [-0.05, 0) is 24.4 Å². The van der Waals surface area contributed by atoms with Gasteiger partial charge in [-0.15, -0.1) is 21.5 Å². The van der Waals surface area contributed by atoms with Crippen LogP contribution >= 0.6 is 11.3 Å². The van der Waals surface area contributed by atoms with Crippen molar-refractivity contribution in [1.29, 1.82) is 0 Å². The molecule has 126 valence electrons. The number of thiophene rings is 1. The van der Waals surface area contributed by atoms with Crippen LogP contribution in [0, 0.1) is 0 Å². The standard InChI is InChI=1S/C16H19N5O2S/c1-10(15-20-18-9-21(15)2)19-16(23)17-8-12(22)14-7-11-5-3-4-6-13(11)24-14/h3-7,9-10,12,22H,8H2,1-2H3,(H2,17,19,23). The van der Waals surface area contributed by atoms with Gasteiger partial charge in [0.05, 0.1) is 12.6 Å². The monoisotopic (exact) mass is 345 g/mol. The van der Waals surface area contributed by atoms with Crippen LogP contribution < -0.4 is 10.6 Å². The summed E-state index contributed by atoms with van der Waals surface area (Å²) >= 11 is 1.53. The Balaban J connectivity index is 1.54. The summed E-state index contributed by atoms with van der Waals surface area (Å²) in [5, 5.41) is 24.6. The van der Waals surface area contributed by atoms with E-state index < -0.39 is 6.10 Å². The topological polar surface area (TPSA) is 92.1 Å². The average Bonchev–Trinajstić information content (AvgIpc) is 3.18. The Labute approximate surface area is 143 Å². The Morgan fingerprint density at radius 1 is 1.42 bits per heavy atom. The van der Waals surface area contributed by atoms with Crippen molar-refractivity contribution in [2.24, 2.45) is 7.05 Å².